The Hall–Kier alpha value is -0.610. The molecular formula is C16H33NO3. The molecule has 0 aromatic rings. The zero-order valence-electron chi connectivity index (χ0n) is 14.0. The molecule has 2 atom stereocenters. The first-order chi connectivity index (χ1) is 9.50. The molecule has 0 spiro atoms. The second kappa shape index (κ2) is 11.1. The number of nitrogens with one attached hydrogen (secondary N) is 1. The molecule has 20 heavy (non-hydrogen) atoms. The second-order valence-corrected chi connectivity index (χ2v) is 5.70. The Balaban J connectivity index is 4.19. The Kier molecular flexibility index (Phi) is 10.8. The van der Waals surface area contributed by atoms with Gasteiger partial charge in [0, 0.05) is 13.2 Å². The average Bonchev–Trinajstić information content (AvgIpc) is 2.42. The minimum atomic E-state index is -0.639. The first kappa shape index (κ1) is 19.4. The van der Waals surface area contributed by atoms with Crippen LogP contribution in [0.4, 0.5) is 0 Å². The summed E-state index contributed by atoms with van der Waals surface area (Å²) in [5.74, 6) is 0.399. The Morgan fingerprint density at radius 3 is 2.50 bits per heavy atom. The summed E-state index contributed by atoms with van der Waals surface area (Å²) in [6.07, 6.45) is 4.00. The van der Waals surface area contributed by atoms with E-state index in [4.69, 9.17) is 9.47 Å². The maximum absolute atomic E-state index is 12.1. The van der Waals surface area contributed by atoms with Gasteiger partial charge in [-0.2, -0.15) is 0 Å². The van der Waals surface area contributed by atoms with Crippen LogP contribution in [0.3, 0.4) is 0 Å². The second-order valence-electron chi connectivity index (χ2n) is 5.70. The van der Waals surface area contributed by atoms with Crippen LogP contribution in [0.1, 0.15) is 60.3 Å². The van der Waals surface area contributed by atoms with Crippen molar-refractivity contribution in [1.82, 2.24) is 5.32 Å². The molecule has 1 N–H and O–H groups in total. The Morgan fingerprint density at radius 1 is 1.25 bits per heavy atom. The monoisotopic (exact) mass is 287 g/mol. The Morgan fingerprint density at radius 2 is 1.95 bits per heavy atom. The van der Waals surface area contributed by atoms with Crippen molar-refractivity contribution in [3.63, 3.8) is 0 Å². The molecule has 4 nitrogen and oxygen atoms in total. The first-order valence-electron chi connectivity index (χ1n) is 8.00. The van der Waals surface area contributed by atoms with Crippen LogP contribution in [-0.4, -0.2) is 37.9 Å². The first-order valence-corrected chi connectivity index (χ1v) is 8.00. The smallest absolute Gasteiger partial charge is 0.326 e. The Bertz CT molecular complexity index is 258. The maximum atomic E-state index is 12.1. The van der Waals surface area contributed by atoms with E-state index in [1.165, 1.54) is 12.8 Å². The third-order valence-corrected chi connectivity index (χ3v) is 3.42. The van der Waals surface area contributed by atoms with Gasteiger partial charge in [0.25, 0.3) is 0 Å². The van der Waals surface area contributed by atoms with Crippen molar-refractivity contribution < 1.29 is 14.3 Å². The van der Waals surface area contributed by atoms with Crippen LogP contribution in [-0.2, 0) is 14.3 Å². The highest BCUT2D eigenvalue weighted by molar-refractivity contribution is 5.80. The highest BCUT2D eigenvalue weighted by Crippen LogP contribution is 2.14. The lowest BCUT2D eigenvalue weighted by Crippen LogP contribution is -2.51. The molecular weight excluding hydrogens is 254 g/mol. The van der Waals surface area contributed by atoms with E-state index < -0.39 is 5.54 Å². The van der Waals surface area contributed by atoms with Crippen LogP contribution in [0.25, 0.3) is 0 Å². The average molecular weight is 287 g/mol. The van der Waals surface area contributed by atoms with Crippen molar-refractivity contribution >= 4 is 5.97 Å². The molecule has 0 aliphatic rings. The molecule has 0 fully saturated rings. The van der Waals surface area contributed by atoms with Crippen LogP contribution in [0.15, 0.2) is 0 Å². The van der Waals surface area contributed by atoms with Crippen molar-refractivity contribution in [2.45, 2.75) is 65.8 Å². The SMILES string of the molecule is CCCNC(C)(CCOCC(C)CCC)C(=O)OCC. The molecule has 2 unspecified atom stereocenters. The van der Waals surface area contributed by atoms with Gasteiger partial charge in [-0.05, 0) is 45.6 Å². The summed E-state index contributed by atoms with van der Waals surface area (Å²) in [6, 6.07) is 0. The number of rotatable bonds is 12. The molecule has 0 aromatic carbocycles. The van der Waals surface area contributed by atoms with Gasteiger partial charge >= 0.3 is 5.97 Å². The van der Waals surface area contributed by atoms with E-state index in [2.05, 4.69) is 26.1 Å². The van der Waals surface area contributed by atoms with E-state index in [-0.39, 0.29) is 5.97 Å². The van der Waals surface area contributed by atoms with E-state index in [0.717, 1.165) is 19.6 Å². The summed E-state index contributed by atoms with van der Waals surface area (Å²) in [5, 5.41) is 3.29. The molecule has 0 rings (SSSR count). The minimum Gasteiger partial charge on any atom is -0.465 e. The van der Waals surface area contributed by atoms with Crippen LogP contribution >= 0.6 is 0 Å². The van der Waals surface area contributed by atoms with Crippen molar-refractivity contribution in [1.29, 1.82) is 0 Å². The van der Waals surface area contributed by atoms with Gasteiger partial charge in [0.15, 0.2) is 0 Å². The molecule has 0 aliphatic heterocycles. The van der Waals surface area contributed by atoms with Crippen LogP contribution in [0.5, 0.6) is 0 Å². The van der Waals surface area contributed by atoms with Gasteiger partial charge in [0.1, 0.15) is 5.54 Å². The van der Waals surface area contributed by atoms with Gasteiger partial charge in [0.05, 0.1) is 6.61 Å². The molecule has 0 amide bonds. The van der Waals surface area contributed by atoms with Gasteiger partial charge in [0.2, 0.25) is 0 Å². The predicted octanol–water partition coefficient (Wildman–Crippen LogP) is 3.15. The van der Waals surface area contributed by atoms with E-state index in [0.29, 0.717) is 25.6 Å². The highest BCUT2D eigenvalue weighted by Gasteiger charge is 2.33. The molecule has 0 radical (unpaired) electrons. The number of carbonyl (C=O) groups excluding carboxylic acids is 1. The normalized spacial score (nSPS) is 15.7. The Labute approximate surface area is 124 Å². The molecule has 0 saturated heterocycles. The van der Waals surface area contributed by atoms with Crippen molar-refractivity contribution in [2.75, 3.05) is 26.4 Å². The lowest BCUT2D eigenvalue weighted by Gasteiger charge is -2.28. The molecule has 0 aliphatic carbocycles. The van der Waals surface area contributed by atoms with E-state index in [1.807, 2.05) is 13.8 Å². The van der Waals surface area contributed by atoms with Gasteiger partial charge in [-0.1, -0.05) is 27.2 Å². The maximum Gasteiger partial charge on any atom is 0.326 e. The van der Waals surface area contributed by atoms with E-state index in [9.17, 15) is 4.79 Å². The fourth-order valence-electron chi connectivity index (χ4n) is 2.09. The number of carbonyl (C=O) groups is 1. The summed E-state index contributed by atoms with van der Waals surface area (Å²) in [4.78, 5) is 12.1. The molecule has 0 saturated carbocycles. The van der Waals surface area contributed by atoms with Gasteiger partial charge in [-0.3, -0.25) is 4.79 Å². The summed E-state index contributed by atoms with van der Waals surface area (Å²) in [5.41, 5.74) is -0.639. The van der Waals surface area contributed by atoms with Gasteiger partial charge in [-0.15, -0.1) is 0 Å². The third-order valence-electron chi connectivity index (χ3n) is 3.42. The summed E-state index contributed by atoms with van der Waals surface area (Å²) in [7, 11) is 0. The summed E-state index contributed by atoms with van der Waals surface area (Å²) >= 11 is 0. The lowest BCUT2D eigenvalue weighted by molar-refractivity contribution is -0.151. The third kappa shape index (κ3) is 7.85. The zero-order valence-corrected chi connectivity index (χ0v) is 14.0. The molecule has 4 heteroatoms. The van der Waals surface area contributed by atoms with Crippen LogP contribution < -0.4 is 5.32 Å². The van der Waals surface area contributed by atoms with Crippen LogP contribution in [0, 0.1) is 5.92 Å². The van der Waals surface area contributed by atoms with Crippen molar-refractivity contribution in [3.8, 4) is 0 Å². The zero-order chi connectivity index (χ0) is 15.4. The lowest BCUT2D eigenvalue weighted by atomic mass is 9.98. The number of hydrogen-bond acceptors (Lipinski definition) is 4. The number of hydrogen-bond donors (Lipinski definition) is 1. The van der Waals surface area contributed by atoms with Gasteiger partial charge < -0.3 is 14.8 Å². The quantitative estimate of drug-likeness (QED) is 0.442. The van der Waals surface area contributed by atoms with Crippen molar-refractivity contribution in [3.05, 3.63) is 0 Å². The largest absolute Gasteiger partial charge is 0.465 e. The molecule has 0 heterocycles. The van der Waals surface area contributed by atoms with E-state index in [1.54, 1.807) is 0 Å². The molecule has 0 aromatic heterocycles. The fourth-order valence-corrected chi connectivity index (χ4v) is 2.09. The van der Waals surface area contributed by atoms with Gasteiger partial charge in [-0.25, -0.2) is 0 Å². The minimum absolute atomic E-state index is 0.182. The molecule has 120 valence electrons. The predicted molar refractivity (Wildman–Crippen MR) is 82.8 cm³/mol. The summed E-state index contributed by atoms with van der Waals surface area (Å²) in [6.45, 7) is 12.8. The fraction of sp³-hybridized carbons (Fsp3) is 0.938. The number of esters is 1. The highest BCUT2D eigenvalue weighted by atomic mass is 16.5. The topological polar surface area (TPSA) is 47.6 Å². The summed E-state index contributed by atoms with van der Waals surface area (Å²) < 4.78 is 10.9. The van der Waals surface area contributed by atoms with E-state index >= 15 is 0 Å². The van der Waals surface area contributed by atoms with Crippen molar-refractivity contribution in [2.24, 2.45) is 5.92 Å². The van der Waals surface area contributed by atoms with Crippen LogP contribution in [0.2, 0.25) is 0 Å². The number of ether oxygens (including phenoxy) is 2. The molecule has 0 bridgehead atoms. The standard InChI is InChI=1S/C16H33NO3/c1-6-9-14(4)13-19-12-10-16(5,17-11-7-2)15(18)20-8-3/h14,17H,6-13H2,1-5H3.